The highest BCUT2D eigenvalue weighted by molar-refractivity contribution is 5.93. The van der Waals surface area contributed by atoms with E-state index in [1.807, 2.05) is 13.8 Å². The van der Waals surface area contributed by atoms with Gasteiger partial charge in [-0.2, -0.15) is 0 Å². The molecule has 0 saturated heterocycles. The molecule has 0 atom stereocenters. The van der Waals surface area contributed by atoms with Gasteiger partial charge in [0.15, 0.2) is 0 Å². The highest BCUT2D eigenvalue weighted by atomic mass is 16.1. The van der Waals surface area contributed by atoms with Crippen molar-refractivity contribution in [2.24, 2.45) is 0 Å². The highest BCUT2D eigenvalue weighted by Crippen LogP contribution is 2.04. The molecular weight excluding hydrogens is 154 g/mol. The summed E-state index contributed by atoms with van der Waals surface area (Å²) in [5, 5.41) is 2.54. The Bertz CT molecular complexity index is 290. The number of H-pyrrole nitrogens is 1. The van der Waals surface area contributed by atoms with Crippen LogP contribution in [-0.4, -0.2) is 22.9 Å². The predicted octanol–water partition coefficient (Wildman–Crippen LogP) is 0.640. The van der Waals surface area contributed by atoms with Crippen LogP contribution in [0.1, 0.15) is 28.9 Å². The lowest BCUT2D eigenvalue weighted by molar-refractivity contribution is 0.0958. The first-order valence-electron chi connectivity index (χ1n) is 3.96. The predicted molar refractivity (Wildman–Crippen MR) is 46.1 cm³/mol. The van der Waals surface area contributed by atoms with Crippen molar-refractivity contribution in [2.45, 2.75) is 20.3 Å². The Hall–Kier alpha value is -1.32. The Labute approximate surface area is 71.4 Å². The number of hydrogen-bond acceptors (Lipinski definition) is 2. The van der Waals surface area contributed by atoms with Crippen molar-refractivity contribution in [3.63, 3.8) is 0 Å². The van der Waals surface area contributed by atoms with E-state index in [-0.39, 0.29) is 5.91 Å². The van der Waals surface area contributed by atoms with E-state index in [2.05, 4.69) is 15.3 Å². The van der Waals surface area contributed by atoms with Crippen molar-refractivity contribution < 1.29 is 4.79 Å². The van der Waals surface area contributed by atoms with E-state index in [0.29, 0.717) is 5.69 Å². The molecule has 0 spiro atoms. The molecule has 0 fully saturated rings. The zero-order valence-electron chi connectivity index (χ0n) is 7.56. The van der Waals surface area contributed by atoms with Crippen LogP contribution in [-0.2, 0) is 6.42 Å². The molecule has 0 saturated carbocycles. The number of hydrogen-bond donors (Lipinski definition) is 2. The molecular formula is C8H13N3O. The van der Waals surface area contributed by atoms with Crippen molar-refractivity contribution in [1.82, 2.24) is 15.3 Å². The third-order valence-corrected chi connectivity index (χ3v) is 1.71. The van der Waals surface area contributed by atoms with Crippen LogP contribution in [0.5, 0.6) is 0 Å². The fourth-order valence-electron chi connectivity index (χ4n) is 1.03. The molecule has 12 heavy (non-hydrogen) atoms. The van der Waals surface area contributed by atoms with E-state index in [1.165, 1.54) is 0 Å². The van der Waals surface area contributed by atoms with Gasteiger partial charge in [-0.3, -0.25) is 4.79 Å². The number of nitrogens with one attached hydrogen (secondary N) is 2. The number of carbonyl (C=O) groups excluding carboxylic acids is 1. The average Bonchev–Trinajstić information content (AvgIpc) is 2.45. The van der Waals surface area contributed by atoms with Crippen molar-refractivity contribution in [3.8, 4) is 0 Å². The van der Waals surface area contributed by atoms with Crippen LogP contribution in [0.15, 0.2) is 0 Å². The molecule has 66 valence electrons. The number of imidazole rings is 1. The van der Waals surface area contributed by atoms with Gasteiger partial charge in [-0.1, -0.05) is 6.92 Å². The van der Waals surface area contributed by atoms with Crippen molar-refractivity contribution >= 4 is 5.91 Å². The fraction of sp³-hybridized carbons (Fsp3) is 0.500. The van der Waals surface area contributed by atoms with Crippen LogP contribution in [0.3, 0.4) is 0 Å². The largest absolute Gasteiger partial charge is 0.354 e. The van der Waals surface area contributed by atoms with E-state index < -0.39 is 0 Å². The second-order valence-electron chi connectivity index (χ2n) is 2.59. The van der Waals surface area contributed by atoms with Gasteiger partial charge in [0.1, 0.15) is 11.5 Å². The van der Waals surface area contributed by atoms with Gasteiger partial charge >= 0.3 is 0 Å². The third-order valence-electron chi connectivity index (χ3n) is 1.71. The number of amides is 1. The van der Waals surface area contributed by atoms with Crippen molar-refractivity contribution in [1.29, 1.82) is 0 Å². The zero-order chi connectivity index (χ0) is 9.14. The molecule has 0 aliphatic carbocycles. The molecule has 0 aliphatic rings. The molecule has 4 heteroatoms. The summed E-state index contributed by atoms with van der Waals surface area (Å²) in [5.74, 6) is 0.717. The Morgan fingerprint density at radius 1 is 1.67 bits per heavy atom. The van der Waals surface area contributed by atoms with Gasteiger partial charge in [0.05, 0.1) is 0 Å². The average molecular weight is 167 g/mol. The van der Waals surface area contributed by atoms with E-state index in [4.69, 9.17) is 0 Å². The summed E-state index contributed by atoms with van der Waals surface area (Å²) < 4.78 is 0. The number of aryl methyl sites for hydroxylation is 2. The molecule has 1 rings (SSSR count). The Balaban J connectivity index is 2.99. The molecule has 1 aromatic rings. The summed E-state index contributed by atoms with van der Waals surface area (Å²) >= 11 is 0. The summed E-state index contributed by atoms with van der Waals surface area (Å²) in [5.41, 5.74) is 1.32. The first kappa shape index (κ1) is 8.77. The smallest absolute Gasteiger partial charge is 0.271 e. The molecule has 2 N–H and O–H groups in total. The van der Waals surface area contributed by atoms with Gasteiger partial charge in [0, 0.05) is 19.2 Å². The number of aromatic amines is 1. The lowest BCUT2D eigenvalue weighted by Gasteiger charge is -1.93. The minimum Gasteiger partial charge on any atom is -0.354 e. The maximum absolute atomic E-state index is 11.2. The summed E-state index contributed by atoms with van der Waals surface area (Å²) in [6, 6.07) is 0. The van der Waals surface area contributed by atoms with Crippen LogP contribution in [0, 0.1) is 6.92 Å². The SMILES string of the molecule is CCc1nc(C(=O)NC)c(C)[nH]1. The van der Waals surface area contributed by atoms with Crippen LogP contribution < -0.4 is 5.32 Å². The van der Waals surface area contributed by atoms with E-state index in [9.17, 15) is 4.79 Å². The summed E-state index contributed by atoms with van der Waals surface area (Å²) in [6.07, 6.45) is 0.817. The third kappa shape index (κ3) is 1.47. The highest BCUT2D eigenvalue weighted by Gasteiger charge is 2.11. The summed E-state index contributed by atoms with van der Waals surface area (Å²) in [4.78, 5) is 18.3. The maximum atomic E-state index is 11.2. The second-order valence-corrected chi connectivity index (χ2v) is 2.59. The van der Waals surface area contributed by atoms with Gasteiger partial charge in [0.2, 0.25) is 0 Å². The lowest BCUT2D eigenvalue weighted by atomic mass is 10.3. The molecule has 4 nitrogen and oxygen atoms in total. The molecule has 0 radical (unpaired) electrons. The first-order chi connectivity index (χ1) is 5.69. The van der Waals surface area contributed by atoms with Crippen molar-refractivity contribution in [2.75, 3.05) is 7.05 Å². The van der Waals surface area contributed by atoms with E-state index in [0.717, 1.165) is 17.9 Å². The van der Waals surface area contributed by atoms with Crippen LogP contribution in [0.4, 0.5) is 0 Å². The van der Waals surface area contributed by atoms with Crippen LogP contribution in [0.2, 0.25) is 0 Å². The van der Waals surface area contributed by atoms with Gasteiger partial charge in [-0.15, -0.1) is 0 Å². The topological polar surface area (TPSA) is 57.8 Å². The summed E-state index contributed by atoms with van der Waals surface area (Å²) in [6.45, 7) is 3.84. The fourth-order valence-corrected chi connectivity index (χ4v) is 1.03. The lowest BCUT2D eigenvalue weighted by Crippen LogP contribution is -2.19. The number of aromatic nitrogens is 2. The summed E-state index contributed by atoms with van der Waals surface area (Å²) in [7, 11) is 1.60. The minimum atomic E-state index is -0.136. The molecule has 1 aromatic heterocycles. The zero-order valence-corrected chi connectivity index (χ0v) is 7.56. The van der Waals surface area contributed by atoms with Crippen molar-refractivity contribution in [3.05, 3.63) is 17.2 Å². The van der Waals surface area contributed by atoms with Crippen LogP contribution >= 0.6 is 0 Å². The Morgan fingerprint density at radius 3 is 2.75 bits per heavy atom. The Morgan fingerprint density at radius 2 is 2.33 bits per heavy atom. The molecule has 1 heterocycles. The normalized spacial score (nSPS) is 9.92. The maximum Gasteiger partial charge on any atom is 0.271 e. The Kier molecular flexibility index (Phi) is 2.47. The molecule has 0 bridgehead atoms. The number of nitrogens with zero attached hydrogens (tertiary/aromatic N) is 1. The molecule has 0 aliphatic heterocycles. The van der Waals surface area contributed by atoms with E-state index in [1.54, 1.807) is 7.05 Å². The molecule has 1 amide bonds. The quantitative estimate of drug-likeness (QED) is 0.679. The molecule has 0 unspecified atom stereocenters. The van der Waals surface area contributed by atoms with Gasteiger partial charge < -0.3 is 10.3 Å². The number of carbonyl (C=O) groups is 1. The van der Waals surface area contributed by atoms with Crippen LogP contribution in [0.25, 0.3) is 0 Å². The van der Waals surface area contributed by atoms with E-state index >= 15 is 0 Å². The monoisotopic (exact) mass is 167 g/mol. The van der Waals surface area contributed by atoms with Gasteiger partial charge in [-0.05, 0) is 6.92 Å². The minimum absolute atomic E-state index is 0.136. The van der Waals surface area contributed by atoms with Gasteiger partial charge in [-0.25, -0.2) is 4.98 Å². The second kappa shape index (κ2) is 3.38. The standard InChI is InChI=1S/C8H13N3O/c1-4-6-10-5(2)7(11-6)8(12)9-3/h4H2,1-3H3,(H,9,12)(H,10,11). The first-order valence-corrected chi connectivity index (χ1v) is 3.96. The molecule has 0 aromatic carbocycles. The number of rotatable bonds is 2. The van der Waals surface area contributed by atoms with Gasteiger partial charge in [0.25, 0.3) is 5.91 Å².